The summed E-state index contributed by atoms with van der Waals surface area (Å²) in [6.07, 6.45) is -0.505. The number of benzene rings is 2. The van der Waals surface area contributed by atoms with Crippen LogP contribution in [0.25, 0.3) is 0 Å². The third kappa shape index (κ3) is 5.18. The summed E-state index contributed by atoms with van der Waals surface area (Å²) >= 11 is 0. The highest BCUT2D eigenvalue weighted by Crippen LogP contribution is 2.37. The van der Waals surface area contributed by atoms with Crippen LogP contribution in [-0.4, -0.2) is 19.6 Å². The van der Waals surface area contributed by atoms with E-state index in [-0.39, 0.29) is 10.3 Å². The first-order valence-electron chi connectivity index (χ1n) is 8.62. The van der Waals surface area contributed by atoms with Crippen LogP contribution in [0, 0.1) is 5.41 Å². The van der Waals surface area contributed by atoms with Crippen LogP contribution in [0.15, 0.2) is 65.6 Å². The van der Waals surface area contributed by atoms with E-state index in [2.05, 4.69) is 0 Å². The Labute approximate surface area is 156 Å². The van der Waals surface area contributed by atoms with E-state index >= 15 is 0 Å². The van der Waals surface area contributed by atoms with E-state index in [1.165, 1.54) is 6.92 Å². The number of sulfone groups is 1. The molecule has 0 aliphatic heterocycles. The normalized spacial score (nSPS) is 14.5. The zero-order valence-corrected chi connectivity index (χ0v) is 16.5. The topological polar surface area (TPSA) is 60.4 Å². The number of rotatable bonds is 6. The first kappa shape index (κ1) is 20.2. The first-order valence-corrected chi connectivity index (χ1v) is 10.2. The van der Waals surface area contributed by atoms with Crippen molar-refractivity contribution in [3.8, 4) is 0 Å². The average Bonchev–Trinajstić information content (AvgIpc) is 2.58. The summed E-state index contributed by atoms with van der Waals surface area (Å²) in [5, 5.41) is -0.879. The van der Waals surface area contributed by atoms with E-state index in [0.29, 0.717) is 12.0 Å². The van der Waals surface area contributed by atoms with Gasteiger partial charge in [0.15, 0.2) is 9.84 Å². The van der Waals surface area contributed by atoms with Crippen LogP contribution in [0.5, 0.6) is 0 Å². The second-order valence-electron chi connectivity index (χ2n) is 7.60. The van der Waals surface area contributed by atoms with Gasteiger partial charge in [-0.05, 0) is 29.5 Å². The van der Waals surface area contributed by atoms with Crippen LogP contribution in [0.2, 0.25) is 0 Å². The molecule has 0 aliphatic rings. The lowest BCUT2D eigenvalue weighted by Crippen LogP contribution is -2.35. The Kier molecular flexibility index (Phi) is 6.24. The van der Waals surface area contributed by atoms with Gasteiger partial charge in [-0.1, -0.05) is 69.3 Å². The second-order valence-corrected chi connectivity index (χ2v) is 9.77. The van der Waals surface area contributed by atoms with Crippen molar-refractivity contribution in [1.82, 2.24) is 0 Å². The zero-order chi connectivity index (χ0) is 19.4. The van der Waals surface area contributed by atoms with Gasteiger partial charge in [-0.3, -0.25) is 4.79 Å². The summed E-state index contributed by atoms with van der Waals surface area (Å²) in [5.74, 6) is -0.499. The Morgan fingerprint density at radius 1 is 0.962 bits per heavy atom. The highest BCUT2D eigenvalue weighted by atomic mass is 32.2. The minimum Gasteiger partial charge on any atom is -0.456 e. The molecule has 0 aliphatic carbocycles. The molecule has 0 saturated heterocycles. The maximum absolute atomic E-state index is 13.4. The number of esters is 1. The van der Waals surface area contributed by atoms with Gasteiger partial charge in [-0.25, -0.2) is 8.42 Å². The molecule has 0 radical (unpaired) electrons. The van der Waals surface area contributed by atoms with Gasteiger partial charge in [0.2, 0.25) is 0 Å². The summed E-state index contributed by atoms with van der Waals surface area (Å²) < 4.78 is 32.4. The minimum absolute atomic E-state index is 0.238. The highest BCUT2D eigenvalue weighted by Gasteiger charge is 2.40. The monoisotopic (exact) mass is 374 g/mol. The molecule has 140 valence electrons. The Hall–Kier alpha value is -2.14. The summed E-state index contributed by atoms with van der Waals surface area (Å²) in [5.41, 5.74) is 0.413. The molecular formula is C21H26O4S. The third-order valence-corrected chi connectivity index (χ3v) is 6.18. The van der Waals surface area contributed by atoms with Crippen LogP contribution in [0.4, 0.5) is 0 Å². The third-order valence-electron chi connectivity index (χ3n) is 4.04. The number of carbonyl (C=O) groups is 1. The maximum atomic E-state index is 13.4. The molecule has 26 heavy (non-hydrogen) atoms. The lowest BCUT2D eigenvalue weighted by molar-refractivity contribution is -0.147. The van der Waals surface area contributed by atoms with Gasteiger partial charge in [0.1, 0.15) is 11.4 Å². The van der Waals surface area contributed by atoms with Crippen molar-refractivity contribution >= 4 is 15.8 Å². The standard InChI is InChI=1S/C21H26O4S/c1-16(22)25-20(17-11-7-5-8-12-17)19(15-21(2,3)4)26(23,24)18-13-9-6-10-14-18/h5-14,19-20H,15H2,1-4H3. The van der Waals surface area contributed by atoms with Crippen molar-refractivity contribution in [2.24, 2.45) is 5.41 Å². The van der Waals surface area contributed by atoms with Crippen molar-refractivity contribution in [3.05, 3.63) is 66.2 Å². The summed E-state index contributed by atoms with van der Waals surface area (Å²) in [4.78, 5) is 12.0. The number of hydrogen-bond acceptors (Lipinski definition) is 4. The fraction of sp³-hybridized carbons (Fsp3) is 0.381. The minimum atomic E-state index is -3.70. The largest absolute Gasteiger partial charge is 0.456 e. The van der Waals surface area contributed by atoms with Crippen molar-refractivity contribution in [3.63, 3.8) is 0 Å². The molecule has 0 spiro atoms. The van der Waals surface area contributed by atoms with E-state index in [4.69, 9.17) is 4.74 Å². The smallest absolute Gasteiger partial charge is 0.303 e. The summed E-state index contributed by atoms with van der Waals surface area (Å²) in [6, 6.07) is 17.4. The van der Waals surface area contributed by atoms with Gasteiger partial charge in [-0.2, -0.15) is 0 Å². The molecule has 0 bridgehead atoms. The number of hydrogen-bond donors (Lipinski definition) is 0. The average molecular weight is 375 g/mol. The van der Waals surface area contributed by atoms with E-state index in [9.17, 15) is 13.2 Å². The second kappa shape index (κ2) is 8.04. The fourth-order valence-corrected chi connectivity index (χ4v) is 5.09. The first-order chi connectivity index (χ1) is 12.1. The van der Waals surface area contributed by atoms with Gasteiger partial charge < -0.3 is 4.74 Å². The molecule has 5 heteroatoms. The highest BCUT2D eigenvalue weighted by molar-refractivity contribution is 7.92. The lowest BCUT2D eigenvalue weighted by atomic mass is 9.87. The van der Waals surface area contributed by atoms with Crippen LogP contribution >= 0.6 is 0 Å². The van der Waals surface area contributed by atoms with E-state index in [1.807, 2.05) is 39.0 Å². The van der Waals surface area contributed by atoms with Crippen molar-refractivity contribution in [1.29, 1.82) is 0 Å². The van der Waals surface area contributed by atoms with Gasteiger partial charge in [0, 0.05) is 6.92 Å². The van der Waals surface area contributed by atoms with Crippen molar-refractivity contribution < 1.29 is 17.9 Å². The van der Waals surface area contributed by atoms with Crippen LogP contribution in [0.1, 0.15) is 45.8 Å². The Bertz CT molecular complexity index is 821. The molecule has 0 aromatic heterocycles. The Morgan fingerprint density at radius 3 is 1.92 bits per heavy atom. The molecular weight excluding hydrogens is 348 g/mol. The van der Waals surface area contributed by atoms with Crippen LogP contribution in [0.3, 0.4) is 0 Å². The molecule has 2 aromatic carbocycles. The van der Waals surface area contributed by atoms with Crippen LogP contribution < -0.4 is 0 Å². The summed E-state index contributed by atoms with van der Waals surface area (Å²) in [7, 11) is -3.70. The van der Waals surface area contributed by atoms with Crippen molar-refractivity contribution in [2.45, 2.75) is 50.4 Å². The Balaban J connectivity index is 2.59. The predicted octanol–water partition coefficient (Wildman–Crippen LogP) is 4.57. The van der Waals surface area contributed by atoms with Gasteiger partial charge >= 0.3 is 5.97 Å². The number of ether oxygens (including phenoxy) is 1. The lowest BCUT2D eigenvalue weighted by Gasteiger charge is -2.32. The zero-order valence-electron chi connectivity index (χ0n) is 15.7. The predicted molar refractivity (Wildman–Crippen MR) is 102 cm³/mol. The summed E-state index contributed by atoms with van der Waals surface area (Å²) in [6.45, 7) is 7.25. The van der Waals surface area contributed by atoms with E-state index in [0.717, 1.165) is 0 Å². The molecule has 2 unspecified atom stereocenters. The molecule has 0 fully saturated rings. The maximum Gasteiger partial charge on any atom is 0.303 e. The van der Waals surface area contributed by atoms with Gasteiger partial charge in [-0.15, -0.1) is 0 Å². The molecule has 0 saturated carbocycles. The Morgan fingerprint density at radius 2 is 1.46 bits per heavy atom. The van der Waals surface area contributed by atoms with Crippen molar-refractivity contribution in [2.75, 3.05) is 0 Å². The molecule has 2 aromatic rings. The molecule has 2 atom stereocenters. The van der Waals surface area contributed by atoms with Gasteiger partial charge in [0.25, 0.3) is 0 Å². The van der Waals surface area contributed by atoms with E-state index < -0.39 is 27.2 Å². The molecule has 4 nitrogen and oxygen atoms in total. The molecule has 2 rings (SSSR count). The molecule has 0 N–H and O–H groups in total. The van der Waals surface area contributed by atoms with Gasteiger partial charge in [0.05, 0.1) is 4.90 Å². The quantitative estimate of drug-likeness (QED) is 0.695. The number of carbonyl (C=O) groups excluding carboxylic acids is 1. The molecule has 0 heterocycles. The van der Waals surface area contributed by atoms with E-state index in [1.54, 1.807) is 42.5 Å². The molecule has 0 amide bonds. The SMILES string of the molecule is CC(=O)OC(c1ccccc1)C(CC(C)(C)C)S(=O)(=O)c1ccccc1. The fourth-order valence-electron chi connectivity index (χ4n) is 2.95. The van der Waals surface area contributed by atoms with Crippen LogP contribution in [-0.2, 0) is 19.4 Å².